The van der Waals surface area contributed by atoms with Crippen molar-refractivity contribution in [3.05, 3.63) is 53.1 Å². The number of anilines is 1. The molecule has 0 aromatic heterocycles. The van der Waals surface area contributed by atoms with Crippen molar-refractivity contribution in [2.45, 2.75) is 58.8 Å². The molecule has 0 saturated heterocycles. The van der Waals surface area contributed by atoms with Crippen LogP contribution in [-0.2, 0) is 10.2 Å². The quantitative estimate of drug-likeness (QED) is 0.509. The first kappa shape index (κ1) is 25.2. The molecular weight excluding hydrogens is 406 g/mol. The van der Waals surface area contributed by atoms with Crippen molar-refractivity contribution in [2.75, 3.05) is 19.5 Å². The van der Waals surface area contributed by atoms with Crippen LogP contribution in [0.5, 0.6) is 11.5 Å². The summed E-state index contributed by atoms with van der Waals surface area (Å²) in [5.41, 5.74) is 2.26. The monoisotopic (exact) mass is 441 g/mol. The zero-order valence-electron chi connectivity index (χ0n) is 20.1. The van der Waals surface area contributed by atoms with Crippen molar-refractivity contribution in [1.29, 1.82) is 0 Å². The highest BCUT2D eigenvalue weighted by molar-refractivity contribution is 5.95. The third-order valence-electron chi connectivity index (χ3n) is 5.42. The fourth-order valence-electron chi connectivity index (χ4n) is 3.90. The number of hydrogen-bond acceptors (Lipinski definition) is 4. The van der Waals surface area contributed by atoms with Gasteiger partial charge >= 0.3 is 5.97 Å². The van der Waals surface area contributed by atoms with Crippen LogP contribution in [0.15, 0.2) is 36.4 Å². The molecule has 0 spiro atoms. The number of benzene rings is 2. The Hall–Kier alpha value is -3.02. The van der Waals surface area contributed by atoms with E-state index in [1.165, 1.54) is 6.07 Å². The minimum Gasteiger partial charge on any atom is -0.497 e. The van der Waals surface area contributed by atoms with E-state index >= 15 is 0 Å². The molecule has 2 N–H and O–H groups in total. The zero-order chi connectivity index (χ0) is 24.1. The second-order valence-corrected chi connectivity index (χ2v) is 9.50. The summed E-state index contributed by atoms with van der Waals surface area (Å²) < 4.78 is 10.9. The molecule has 0 aliphatic carbocycles. The number of hydrogen-bond donors (Lipinski definition) is 2. The van der Waals surface area contributed by atoms with Gasteiger partial charge in [-0.25, -0.2) is 4.79 Å². The van der Waals surface area contributed by atoms with E-state index in [1.54, 1.807) is 26.4 Å². The van der Waals surface area contributed by atoms with Gasteiger partial charge in [-0.2, -0.15) is 0 Å². The second kappa shape index (κ2) is 10.5. The Labute approximate surface area is 190 Å². The first-order chi connectivity index (χ1) is 15.0. The van der Waals surface area contributed by atoms with Crippen LogP contribution < -0.4 is 14.8 Å². The number of carbonyl (C=O) groups excluding carboxylic acids is 1. The Morgan fingerprint density at radius 1 is 1.03 bits per heavy atom. The summed E-state index contributed by atoms with van der Waals surface area (Å²) in [6.45, 7) is 10.3. The number of rotatable bonds is 9. The minimum atomic E-state index is -1.03. The van der Waals surface area contributed by atoms with Crippen LogP contribution >= 0.6 is 0 Å². The summed E-state index contributed by atoms with van der Waals surface area (Å²) in [5.74, 6) is 0.504. The predicted molar refractivity (Wildman–Crippen MR) is 127 cm³/mol. The predicted octanol–water partition coefficient (Wildman–Crippen LogP) is 5.86. The largest absolute Gasteiger partial charge is 0.497 e. The third kappa shape index (κ3) is 6.49. The summed E-state index contributed by atoms with van der Waals surface area (Å²) in [4.78, 5) is 24.6. The van der Waals surface area contributed by atoms with E-state index in [0.29, 0.717) is 23.1 Å². The minimum absolute atomic E-state index is 0.0587. The third-order valence-corrected chi connectivity index (χ3v) is 5.42. The van der Waals surface area contributed by atoms with Gasteiger partial charge in [0.1, 0.15) is 11.5 Å². The van der Waals surface area contributed by atoms with Crippen molar-refractivity contribution in [3.63, 3.8) is 0 Å². The second-order valence-electron chi connectivity index (χ2n) is 9.50. The smallest absolute Gasteiger partial charge is 0.335 e. The van der Waals surface area contributed by atoms with E-state index < -0.39 is 5.97 Å². The van der Waals surface area contributed by atoms with Gasteiger partial charge in [0.15, 0.2) is 0 Å². The normalized spacial score (nSPS) is 12.4. The number of amides is 1. The molecule has 0 bridgehead atoms. The lowest BCUT2D eigenvalue weighted by Crippen LogP contribution is -2.21. The van der Waals surface area contributed by atoms with E-state index in [2.05, 4.69) is 19.2 Å². The fourth-order valence-corrected chi connectivity index (χ4v) is 3.90. The highest BCUT2D eigenvalue weighted by Gasteiger charge is 2.24. The summed E-state index contributed by atoms with van der Waals surface area (Å²) in [5, 5.41) is 12.4. The molecule has 2 aromatic carbocycles. The van der Waals surface area contributed by atoms with E-state index in [0.717, 1.165) is 17.5 Å². The summed E-state index contributed by atoms with van der Waals surface area (Å²) in [7, 11) is 3.21. The van der Waals surface area contributed by atoms with Gasteiger partial charge in [-0.05, 0) is 53.0 Å². The van der Waals surface area contributed by atoms with Gasteiger partial charge in [0.25, 0.3) is 0 Å². The molecule has 1 amide bonds. The van der Waals surface area contributed by atoms with Crippen molar-refractivity contribution >= 4 is 17.6 Å². The number of carboxylic acids is 1. The van der Waals surface area contributed by atoms with Gasteiger partial charge in [0, 0.05) is 18.2 Å². The van der Waals surface area contributed by atoms with Gasteiger partial charge in [0.2, 0.25) is 5.91 Å². The molecule has 0 saturated carbocycles. The molecule has 2 rings (SSSR count). The van der Waals surface area contributed by atoms with Crippen molar-refractivity contribution in [3.8, 4) is 11.5 Å². The molecule has 1 atom stereocenters. The topological polar surface area (TPSA) is 84.9 Å². The lowest BCUT2D eigenvalue weighted by atomic mass is 9.84. The Kier molecular flexibility index (Phi) is 8.31. The molecule has 6 nitrogen and oxygen atoms in total. The van der Waals surface area contributed by atoms with E-state index in [4.69, 9.17) is 9.47 Å². The zero-order valence-corrected chi connectivity index (χ0v) is 20.1. The lowest BCUT2D eigenvalue weighted by Gasteiger charge is -2.25. The van der Waals surface area contributed by atoms with E-state index in [-0.39, 0.29) is 29.2 Å². The average molecular weight is 442 g/mol. The van der Waals surface area contributed by atoms with Crippen LogP contribution in [0.2, 0.25) is 0 Å². The van der Waals surface area contributed by atoms with Crippen molar-refractivity contribution < 1.29 is 24.2 Å². The molecule has 32 heavy (non-hydrogen) atoms. The summed E-state index contributed by atoms with van der Waals surface area (Å²) in [6, 6.07) is 10.5. The number of nitrogens with one attached hydrogen (secondary N) is 1. The van der Waals surface area contributed by atoms with Crippen molar-refractivity contribution in [1.82, 2.24) is 0 Å². The van der Waals surface area contributed by atoms with Crippen LogP contribution in [0, 0.1) is 5.92 Å². The van der Waals surface area contributed by atoms with Crippen LogP contribution in [0.3, 0.4) is 0 Å². The maximum Gasteiger partial charge on any atom is 0.335 e. The molecule has 1 unspecified atom stereocenters. The molecule has 6 heteroatoms. The fraction of sp³-hybridized carbons (Fsp3) is 0.462. The Morgan fingerprint density at radius 2 is 1.72 bits per heavy atom. The Balaban J connectivity index is 2.36. The maximum absolute atomic E-state index is 13.1. The molecule has 0 radical (unpaired) electrons. The van der Waals surface area contributed by atoms with E-state index in [9.17, 15) is 14.7 Å². The molecule has 0 aliphatic rings. The van der Waals surface area contributed by atoms with Crippen LogP contribution in [0.25, 0.3) is 0 Å². The Morgan fingerprint density at radius 3 is 2.25 bits per heavy atom. The van der Waals surface area contributed by atoms with Gasteiger partial charge < -0.3 is 19.9 Å². The first-order valence-corrected chi connectivity index (χ1v) is 10.9. The molecule has 0 heterocycles. The molecule has 174 valence electrons. The molecule has 0 fully saturated rings. The first-order valence-electron chi connectivity index (χ1n) is 10.9. The van der Waals surface area contributed by atoms with Gasteiger partial charge in [-0.1, -0.05) is 46.8 Å². The van der Waals surface area contributed by atoms with Crippen molar-refractivity contribution in [2.24, 2.45) is 5.92 Å². The molecular formula is C26H35NO5. The number of carboxylic acid groups (broad SMARTS) is 1. The van der Waals surface area contributed by atoms with Crippen LogP contribution in [0.1, 0.15) is 74.9 Å². The van der Waals surface area contributed by atoms with Gasteiger partial charge in [-0.3, -0.25) is 4.79 Å². The van der Waals surface area contributed by atoms with E-state index in [1.807, 2.05) is 39.0 Å². The van der Waals surface area contributed by atoms with Crippen LogP contribution in [-0.4, -0.2) is 31.2 Å². The standard InChI is InChI=1S/C26H35NO5/c1-16(2)12-18(20-10-9-19(31-6)15-23(20)32-7)14-24(28)27-22-13-17(25(29)30)8-11-21(22)26(3,4)5/h8-11,13,15-16,18H,12,14H2,1-7H3,(H,27,28)(H,29,30). The summed E-state index contributed by atoms with van der Waals surface area (Å²) >= 11 is 0. The average Bonchev–Trinajstić information content (AvgIpc) is 2.71. The van der Waals surface area contributed by atoms with Gasteiger partial charge in [0.05, 0.1) is 19.8 Å². The SMILES string of the molecule is COc1ccc(C(CC(=O)Nc2cc(C(=O)O)ccc2C(C)(C)C)CC(C)C)c(OC)c1. The maximum atomic E-state index is 13.1. The summed E-state index contributed by atoms with van der Waals surface area (Å²) in [6.07, 6.45) is 1.05. The number of aromatic carboxylic acids is 1. The van der Waals surface area contributed by atoms with Crippen LogP contribution in [0.4, 0.5) is 5.69 Å². The highest BCUT2D eigenvalue weighted by atomic mass is 16.5. The molecule has 2 aromatic rings. The number of methoxy groups -OCH3 is 2. The molecule has 0 aliphatic heterocycles. The highest BCUT2D eigenvalue weighted by Crippen LogP contribution is 2.37. The van der Waals surface area contributed by atoms with Gasteiger partial charge in [-0.15, -0.1) is 0 Å². The Bertz CT molecular complexity index is 959. The lowest BCUT2D eigenvalue weighted by molar-refractivity contribution is -0.116. The number of carbonyl (C=O) groups is 2. The number of ether oxygens (including phenoxy) is 2.